The average Bonchev–Trinajstić information content (AvgIpc) is 3.19. The number of fused-ring (bicyclic) bond motifs is 1. The minimum Gasteiger partial charge on any atom is -0.507 e. The molecular weight excluding hydrogens is 404 g/mol. The van der Waals surface area contributed by atoms with E-state index in [-0.39, 0.29) is 17.9 Å². The van der Waals surface area contributed by atoms with Crippen molar-refractivity contribution in [2.24, 2.45) is 5.92 Å². The normalized spacial score (nSPS) is 15.4. The number of hydrogen-bond donors (Lipinski definition) is 2. The number of nitrogens with one attached hydrogen (secondary N) is 1. The van der Waals surface area contributed by atoms with Gasteiger partial charge in [-0.2, -0.15) is 0 Å². The van der Waals surface area contributed by atoms with Gasteiger partial charge in [-0.15, -0.1) is 0 Å². The Bertz CT molecular complexity index is 1080. The van der Waals surface area contributed by atoms with Crippen LogP contribution in [0.2, 0.25) is 0 Å². The van der Waals surface area contributed by atoms with Gasteiger partial charge >= 0.3 is 6.09 Å². The molecule has 32 heavy (non-hydrogen) atoms. The first-order valence-electron chi connectivity index (χ1n) is 11.0. The zero-order valence-electron chi connectivity index (χ0n) is 19.4. The molecule has 0 bridgehead atoms. The number of carbonyl (C=O) groups excluding carboxylic acids is 1. The van der Waals surface area contributed by atoms with Crippen LogP contribution in [-0.2, 0) is 4.74 Å². The maximum atomic E-state index is 10.3. The van der Waals surface area contributed by atoms with Gasteiger partial charge in [0, 0.05) is 25.5 Å². The SMILES string of the molecule is CNC(=O)OC(C)C.Cc1ccc2c(N3CCC(C)C3)nc(-c3ccccc3O)nc2c1. The molecule has 3 aromatic rings. The molecule has 2 N–H and O–H groups in total. The van der Waals surface area contributed by atoms with E-state index in [4.69, 9.17) is 9.97 Å². The van der Waals surface area contributed by atoms with Crippen LogP contribution in [0.5, 0.6) is 5.75 Å². The van der Waals surface area contributed by atoms with Crippen LogP contribution in [0, 0.1) is 12.8 Å². The quantitative estimate of drug-likeness (QED) is 0.607. The molecule has 7 heteroatoms. The smallest absolute Gasteiger partial charge is 0.407 e. The van der Waals surface area contributed by atoms with Crippen molar-refractivity contribution in [3.8, 4) is 17.1 Å². The predicted molar refractivity (Wildman–Crippen MR) is 128 cm³/mol. The first kappa shape index (κ1) is 23.3. The van der Waals surface area contributed by atoms with Gasteiger partial charge < -0.3 is 20.1 Å². The molecule has 7 nitrogen and oxygen atoms in total. The summed E-state index contributed by atoms with van der Waals surface area (Å²) < 4.78 is 4.65. The Morgan fingerprint density at radius 2 is 1.97 bits per heavy atom. The summed E-state index contributed by atoms with van der Waals surface area (Å²) in [7, 11) is 1.53. The summed E-state index contributed by atoms with van der Waals surface area (Å²) in [6.45, 7) is 9.97. The predicted octanol–water partition coefficient (Wildman–Crippen LogP) is 4.91. The number of ether oxygens (including phenoxy) is 1. The van der Waals surface area contributed by atoms with Crippen LogP contribution < -0.4 is 10.2 Å². The molecule has 1 saturated heterocycles. The van der Waals surface area contributed by atoms with Crippen LogP contribution >= 0.6 is 0 Å². The Morgan fingerprint density at radius 1 is 1.22 bits per heavy atom. The third-order valence-corrected chi connectivity index (χ3v) is 5.25. The van der Waals surface area contributed by atoms with E-state index in [9.17, 15) is 9.90 Å². The second-order valence-electron chi connectivity index (χ2n) is 8.45. The van der Waals surface area contributed by atoms with E-state index >= 15 is 0 Å². The molecule has 4 rings (SSSR count). The van der Waals surface area contributed by atoms with Crippen molar-refractivity contribution >= 4 is 22.8 Å². The number of benzene rings is 2. The standard InChI is InChI=1S/C20H21N3O.C5H11NO2/c1-13-7-8-15-17(11-13)21-19(16-5-3-4-6-18(16)24)22-20(15)23-10-9-14(2)12-23;1-4(2)8-5(7)6-3/h3-8,11,14,24H,9-10,12H2,1-2H3;4H,1-3H3,(H,6,7). The number of phenols is 1. The molecule has 0 aliphatic carbocycles. The maximum Gasteiger partial charge on any atom is 0.407 e. The van der Waals surface area contributed by atoms with Crippen LogP contribution in [0.4, 0.5) is 10.6 Å². The highest BCUT2D eigenvalue weighted by Crippen LogP contribution is 2.33. The molecule has 0 radical (unpaired) electrons. The first-order chi connectivity index (χ1) is 15.3. The molecule has 0 spiro atoms. The summed E-state index contributed by atoms with van der Waals surface area (Å²) in [6.07, 6.45) is 0.776. The minimum absolute atomic E-state index is 0.0325. The van der Waals surface area contributed by atoms with Crippen LogP contribution in [0.1, 0.15) is 32.8 Å². The summed E-state index contributed by atoms with van der Waals surface area (Å²) in [5, 5.41) is 13.6. The third-order valence-electron chi connectivity index (χ3n) is 5.25. The van der Waals surface area contributed by atoms with Crippen LogP contribution in [-0.4, -0.2) is 47.4 Å². The van der Waals surface area contributed by atoms with Crippen LogP contribution in [0.15, 0.2) is 42.5 Å². The van der Waals surface area contributed by atoms with E-state index in [2.05, 4.69) is 47.0 Å². The largest absolute Gasteiger partial charge is 0.507 e. The number of aromatic hydroxyl groups is 1. The Kier molecular flexibility index (Phi) is 7.51. The zero-order valence-corrected chi connectivity index (χ0v) is 19.4. The van der Waals surface area contributed by atoms with Crippen molar-refractivity contribution in [2.75, 3.05) is 25.0 Å². The molecule has 1 aliphatic heterocycles. The molecule has 2 aromatic carbocycles. The number of carbonyl (C=O) groups is 1. The Hall–Kier alpha value is -3.35. The number of para-hydroxylation sites is 1. The van der Waals surface area contributed by atoms with E-state index in [1.54, 1.807) is 19.9 Å². The summed E-state index contributed by atoms with van der Waals surface area (Å²) in [5.74, 6) is 2.45. The highest BCUT2D eigenvalue weighted by Gasteiger charge is 2.23. The van der Waals surface area contributed by atoms with Crippen molar-refractivity contribution in [2.45, 2.75) is 40.2 Å². The Balaban J connectivity index is 0.000000312. The number of aromatic nitrogens is 2. The molecule has 1 unspecified atom stereocenters. The lowest BCUT2D eigenvalue weighted by Crippen LogP contribution is -2.22. The molecule has 1 aliphatic rings. The fourth-order valence-corrected chi connectivity index (χ4v) is 3.65. The molecule has 1 fully saturated rings. The van der Waals surface area contributed by atoms with E-state index < -0.39 is 0 Å². The van der Waals surface area contributed by atoms with Gasteiger partial charge in [0.25, 0.3) is 0 Å². The summed E-state index contributed by atoms with van der Waals surface area (Å²) >= 11 is 0. The Morgan fingerprint density at radius 3 is 2.56 bits per heavy atom. The van der Waals surface area contributed by atoms with Crippen molar-refractivity contribution in [3.05, 3.63) is 48.0 Å². The zero-order chi connectivity index (χ0) is 23.3. The highest BCUT2D eigenvalue weighted by atomic mass is 16.6. The third kappa shape index (κ3) is 5.66. The molecule has 1 atom stereocenters. The van der Waals surface area contributed by atoms with Gasteiger partial charge in [-0.05, 0) is 62.9 Å². The van der Waals surface area contributed by atoms with Gasteiger partial charge in [0.1, 0.15) is 11.6 Å². The molecule has 1 aromatic heterocycles. The monoisotopic (exact) mass is 436 g/mol. The molecule has 2 heterocycles. The lowest BCUT2D eigenvalue weighted by Gasteiger charge is -2.20. The second-order valence-corrected chi connectivity index (χ2v) is 8.45. The lowest BCUT2D eigenvalue weighted by molar-refractivity contribution is 0.117. The van der Waals surface area contributed by atoms with Crippen molar-refractivity contribution in [1.29, 1.82) is 0 Å². The number of alkyl carbamates (subject to hydrolysis) is 1. The molecule has 170 valence electrons. The highest BCUT2D eigenvalue weighted by molar-refractivity contribution is 5.92. The summed E-state index contributed by atoms with van der Waals surface area (Å²) in [4.78, 5) is 22.2. The van der Waals surface area contributed by atoms with Gasteiger partial charge in [-0.3, -0.25) is 0 Å². The minimum atomic E-state index is -0.375. The van der Waals surface area contributed by atoms with Crippen LogP contribution in [0.25, 0.3) is 22.3 Å². The van der Waals surface area contributed by atoms with Gasteiger partial charge in [0.05, 0.1) is 17.2 Å². The fourth-order valence-electron chi connectivity index (χ4n) is 3.65. The number of anilines is 1. The number of aryl methyl sites for hydroxylation is 1. The lowest BCUT2D eigenvalue weighted by atomic mass is 10.1. The van der Waals surface area contributed by atoms with Gasteiger partial charge in [-0.1, -0.05) is 25.1 Å². The second kappa shape index (κ2) is 10.3. The van der Waals surface area contributed by atoms with E-state index in [0.717, 1.165) is 29.8 Å². The van der Waals surface area contributed by atoms with E-state index in [0.29, 0.717) is 17.3 Å². The van der Waals surface area contributed by atoms with Gasteiger partial charge in [-0.25, -0.2) is 14.8 Å². The Labute approximate surface area is 189 Å². The number of amides is 1. The maximum absolute atomic E-state index is 10.3. The van der Waals surface area contributed by atoms with Gasteiger partial charge in [0.2, 0.25) is 0 Å². The van der Waals surface area contributed by atoms with Crippen molar-refractivity contribution in [1.82, 2.24) is 15.3 Å². The summed E-state index contributed by atoms with van der Waals surface area (Å²) in [6, 6.07) is 13.6. The van der Waals surface area contributed by atoms with Crippen LogP contribution in [0.3, 0.4) is 0 Å². The van der Waals surface area contributed by atoms with Crippen molar-refractivity contribution in [3.63, 3.8) is 0 Å². The van der Waals surface area contributed by atoms with E-state index in [1.807, 2.05) is 18.2 Å². The first-order valence-corrected chi connectivity index (χ1v) is 11.0. The topological polar surface area (TPSA) is 87.6 Å². The van der Waals surface area contributed by atoms with Crippen molar-refractivity contribution < 1.29 is 14.6 Å². The number of nitrogens with zero attached hydrogens (tertiary/aromatic N) is 3. The number of rotatable bonds is 3. The molecule has 1 amide bonds. The van der Waals surface area contributed by atoms with Gasteiger partial charge in [0.15, 0.2) is 5.82 Å². The average molecular weight is 437 g/mol. The fraction of sp³-hybridized carbons (Fsp3) is 0.400. The molecule has 0 saturated carbocycles. The number of hydrogen-bond acceptors (Lipinski definition) is 6. The van der Waals surface area contributed by atoms with E-state index in [1.165, 1.54) is 19.0 Å². The number of phenolic OH excluding ortho intramolecular Hbond substituents is 1. The molecular formula is C25H32N4O3. The summed E-state index contributed by atoms with van der Waals surface area (Å²) in [5.41, 5.74) is 2.78.